The van der Waals surface area contributed by atoms with E-state index in [1.54, 1.807) is 30.5 Å². The number of benzene rings is 1. The van der Waals surface area contributed by atoms with Crippen molar-refractivity contribution in [3.05, 3.63) is 29.8 Å². The number of rotatable bonds is 3. The molecule has 3 rings (SSSR count). The van der Waals surface area contributed by atoms with E-state index in [0.717, 1.165) is 12.0 Å². The van der Waals surface area contributed by atoms with Crippen LogP contribution in [0.3, 0.4) is 0 Å². The van der Waals surface area contributed by atoms with Gasteiger partial charge in [-0.3, -0.25) is 4.79 Å². The Kier molecular flexibility index (Phi) is 3.24. The molecule has 0 spiro atoms. The second kappa shape index (κ2) is 4.93. The second-order valence-corrected chi connectivity index (χ2v) is 6.16. The van der Waals surface area contributed by atoms with E-state index in [1.165, 1.54) is 19.3 Å². The summed E-state index contributed by atoms with van der Waals surface area (Å²) in [6, 6.07) is 6.70. The van der Waals surface area contributed by atoms with Crippen molar-refractivity contribution >= 4 is 12.1 Å². The van der Waals surface area contributed by atoms with Gasteiger partial charge in [0.15, 0.2) is 0 Å². The summed E-state index contributed by atoms with van der Waals surface area (Å²) in [7, 11) is 0. The standard InChI is InChI=1S/C16H20N2O2/c1-16-9-3-2-4-13(16)14(16)15(20)18-17-10-11-5-7-12(19)8-6-11/h5-8,10,13-14,19H,2-4,9H2,1H3,(H,18,20)/b17-10-/t13-,14-,16+/m1/s1. The van der Waals surface area contributed by atoms with Crippen molar-refractivity contribution in [3.63, 3.8) is 0 Å². The summed E-state index contributed by atoms with van der Waals surface area (Å²) in [6.45, 7) is 2.23. The summed E-state index contributed by atoms with van der Waals surface area (Å²) >= 11 is 0. The van der Waals surface area contributed by atoms with Crippen LogP contribution in [0.25, 0.3) is 0 Å². The lowest BCUT2D eigenvalue weighted by molar-refractivity contribution is -0.123. The van der Waals surface area contributed by atoms with Gasteiger partial charge in [0, 0.05) is 5.92 Å². The van der Waals surface area contributed by atoms with Crippen LogP contribution in [-0.4, -0.2) is 17.2 Å². The second-order valence-electron chi connectivity index (χ2n) is 6.16. The number of nitrogens with zero attached hydrogens (tertiary/aromatic N) is 1. The van der Waals surface area contributed by atoms with Crippen molar-refractivity contribution in [2.24, 2.45) is 22.4 Å². The van der Waals surface area contributed by atoms with Gasteiger partial charge in [0.05, 0.1) is 6.21 Å². The Morgan fingerprint density at radius 3 is 2.80 bits per heavy atom. The minimum atomic E-state index is 0.0504. The molecule has 0 heterocycles. The average Bonchev–Trinajstić information content (AvgIpc) is 3.06. The van der Waals surface area contributed by atoms with Gasteiger partial charge in [-0.25, -0.2) is 5.43 Å². The molecule has 0 saturated heterocycles. The summed E-state index contributed by atoms with van der Waals surface area (Å²) in [5.41, 5.74) is 3.73. The van der Waals surface area contributed by atoms with Gasteiger partial charge >= 0.3 is 0 Å². The molecule has 0 aromatic heterocycles. The van der Waals surface area contributed by atoms with Crippen molar-refractivity contribution in [1.82, 2.24) is 5.43 Å². The Morgan fingerprint density at radius 2 is 2.15 bits per heavy atom. The first-order valence-electron chi connectivity index (χ1n) is 7.23. The number of phenolic OH excluding ortho intramolecular Hbond substituents is 1. The number of hydrazone groups is 1. The first-order valence-corrected chi connectivity index (χ1v) is 7.23. The molecule has 0 radical (unpaired) electrons. The van der Waals surface area contributed by atoms with E-state index in [1.807, 2.05) is 0 Å². The molecule has 106 valence electrons. The third-order valence-corrected chi connectivity index (χ3v) is 4.90. The van der Waals surface area contributed by atoms with E-state index in [4.69, 9.17) is 0 Å². The van der Waals surface area contributed by atoms with Crippen LogP contribution in [0.2, 0.25) is 0 Å². The Labute approximate surface area is 118 Å². The van der Waals surface area contributed by atoms with Crippen LogP contribution in [0.5, 0.6) is 5.75 Å². The van der Waals surface area contributed by atoms with Crippen molar-refractivity contribution < 1.29 is 9.90 Å². The molecule has 1 aromatic rings. The van der Waals surface area contributed by atoms with Gasteiger partial charge in [-0.2, -0.15) is 5.10 Å². The molecule has 2 N–H and O–H groups in total. The molecule has 4 heteroatoms. The molecule has 2 saturated carbocycles. The number of aromatic hydroxyl groups is 1. The Balaban J connectivity index is 1.56. The molecule has 0 unspecified atom stereocenters. The van der Waals surface area contributed by atoms with Gasteiger partial charge in [-0.1, -0.05) is 19.8 Å². The van der Waals surface area contributed by atoms with E-state index < -0.39 is 0 Å². The normalized spacial score (nSPS) is 31.9. The van der Waals surface area contributed by atoms with E-state index >= 15 is 0 Å². The van der Waals surface area contributed by atoms with Gasteiger partial charge in [-0.15, -0.1) is 0 Å². The lowest BCUT2D eigenvalue weighted by atomic mass is 9.90. The van der Waals surface area contributed by atoms with Crippen LogP contribution in [0.4, 0.5) is 0 Å². The van der Waals surface area contributed by atoms with Crippen LogP contribution in [0.15, 0.2) is 29.4 Å². The lowest BCUT2D eigenvalue weighted by Gasteiger charge is -2.15. The Bertz CT molecular complexity index is 538. The third-order valence-electron chi connectivity index (χ3n) is 4.90. The van der Waals surface area contributed by atoms with Crippen LogP contribution in [-0.2, 0) is 4.79 Å². The molecule has 20 heavy (non-hydrogen) atoms. The maximum absolute atomic E-state index is 12.2. The van der Waals surface area contributed by atoms with Crippen LogP contribution >= 0.6 is 0 Å². The van der Waals surface area contributed by atoms with Gasteiger partial charge in [-0.05, 0) is 54.0 Å². The van der Waals surface area contributed by atoms with Crippen molar-refractivity contribution in [2.45, 2.75) is 32.6 Å². The number of phenols is 1. The van der Waals surface area contributed by atoms with E-state index in [2.05, 4.69) is 17.5 Å². The minimum absolute atomic E-state index is 0.0504. The van der Waals surface area contributed by atoms with Crippen molar-refractivity contribution in [2.75, 3.05) is 0 Å². The number of carbonyl (C=O) groups excluding carboxylic acids is 1. The highest BCUT2D eigenvalue weighted by Crippen LogP contribution is 2.66. The van der Waals surface area contributed by atoms with Crippen LogP contribution in [0, 0.1) is 17.3 Å². The fraction of sp³-hybridized carbons (Fsp3) is 0.500. The van der Waals surface area contributed by atoms with E-state index in [-0.39, 0.29) is 23.0 Å². The average molecular weight is 272 g/mol. The number of hydrogen-bond acceptors (Lipinski definition) is 3. The molecule has 0 aliphatic heterocycles. The SMILES string of the molecule is C[C@]12CCCC[C@@H]1[C@@H]2C(=O)N/N=C\c1ccc(O)cc1. The monoisotopic (exact) mass is 272 g/mol. The Morgan fingerprint density at radius 1 is 1.40 bits per heavy atom. The summed E-state index contributed by atoms with van der Waals surface area (Å²) in [6.07, 6.45) is 6.44. The number of hydrogen-bond donors (Lipinski definition) is 2. The largest absolute Gasteiger partial charge is 0.508 e. The van der Waals surface area contributed by atoms with Crippen LogP contribution < -0.4 is 5.43 Å². The molecule has 1 amide bonds. The predicted molar refractivity (Wildman–Crippen MR) is 77.4 cm³/mol. The fourth-order valence-corrected chi connectivity index (χ4v) is 3.65. The predicted octanol–water partition coefficient (Wildman–Crippen LogP) is 2.67. The summed E-state index contributed by atoms with van der Waals surface area (Å²) in [5.74, 6) is 0.970. The molecular formula is C16H20N2O2. The zero-order valence-corrected chi connectivity index (χ0v) is 11.7. The zero-order chi connectivity index (χ0) is 14.2. The van der Waals surface area contributed by atoms with Gasteiger partial charge in [0.25, 0.3) is 0 Å². The number of carbonyl (C=O) groups is 1. The molecule has 4 nitrogen and oxygen atoms in total. The first-order chi connectivity index (χ1) is 9.61. The highest BCUT2D eigenvalue weighted by Gasteiger charge is 2.64. The Hall–Kier alpha value is -1.84. The van der Waals surface area contributed by atoms with Crippen LogP contribution in [0.1, 0.15) is 38.2 Å². The highest BCUT2D eigenvalue weighted by atomic mass is 16.3. The van der Waals surface area contributed by atoms with Gasteiger partial charge < -0.3 is 5.11 Å². The molecule has 2 fully saturated rings. The molecular weight excluding hydrogens is 252 g/mol. The maximum atomic E-state index is 12.2. The smallest absolute Gasteiger partial charge is 0.244 e. The van der Waals surface area contributed by atoms with Crippen molar-refractivity contribution in [1.29, 1.82) is 0 Å². The zero-order valence-electron chi connectivity index (χ0n) is 11.7. The number of nitrogens with one attached hydrogen (secondary N) is 1. The number of fused-ring (bicyclic) bond motifs is 1. The van der Waals surface area contributed by atoms with Gasteiger partial charge in [0.2, 0.25) is 5.91 Å². The summed E-state index contributed by atoms with van der Waals surface area (Å²) < 4.78 is 0. The molecule has 0 bridgehead atoms. The lowest BCUT2D eigenvalue weighted by Crippen LogP contribution is -2.22. The molecule has 2 aliphatic rings. The highest BCUT2D eigenvalue weighted by molar-refractivity contribution is 5.85. The van der Waals surface area contributed by atoms with Gasteiger partial charge in [0.1, 0.15) is 5.75 Å². The number of amides is 1. The maximum Gasteiger partial charge on any atom is 0.244 e. The van der Waals surface area contributed by atoms with E-state index in [9.17, 15) is 9.90 Å². The first kappa shape index (κ1) is 13.2. The molecule has 2 aliphatic carbocycles. The molecule has 1 aromatic carbocycles. The fourth-order valence-electron chi connectivity index (χ4n) is 3.65. The minimum Gasteiger partial charge on any atom is -0.508 e. The van der Waals surface area contributed by atoms with E-state index in [0.29, 0.717) is 5.92 Å². The summed E-state index contributed by atoms with van der Waals surface area (Å²) in [4.78, 5) is 12.2. The molecule has 3 atom stereocenters. The quantitative estimate of drug-likeness (QED) is 0.656. The summed E-state index contributed by atoms with van der Waals surface area (Å²) in [5, 5.41) is 13.2. The third kappa shape index (κ3) is 2.30. The van der Waals surface area contributed by atoms with Crippen molar-refractivity contribution in [3.8, 4) is 5.75 Å². The topological polar surface area (TPSA) is 61.7 Å².